The highest BCUT2D eigenvalue weighted by Crippen LogP contribution is 2.21. The lowest BCUT2D eigenvalue weighted by molar-refractivity contribution is 0.296. The zero-order valence-corrected chi connectivity index (χ0v) is 12.6. The van der Waals surface area contributed by atoms with E-state index in [-0.39, 0.29) is 0 Å². The minimum Gasteiger partial charge on any atom is -0.327 e. The van der Waals surface area contributed by atoms with E-state index < -0.39 is 0 Å². The molecule has 0 aliphatic heterocycles. The monoisotopic (exact) mass is 254 g/mol. The molecule has 0 bridgehead atoms. The molecule has 17 heavy (non-hydrogen) atoms. The van der Waals surface area contributed by atoms with Crippen LogP contribution >= 0.6 is 11.3 Å². The normalized spacial score (nSPS) is 13.6. The van der Waals surface area contributed by atoms with E-state index in [1.165, 1.54) is 15.3 Å². The average Bonchev–Trinajstić information content (AvgIpc) is 2.53. The second kappa shape index (κ2) is 6.53. The summed E-state index contributed by atoms with van der Waals surface area (Å²) in [5.74, 6) is 0.577. The Labute approximate surface area is 110 Å². The van der Waals surface area contributed by atoms with Crippen LogP contribution < -0.4 is 5.73 Å². The molecular weight excluding hydrogens is 228 g/mol. The van der Waals surface area contributed by atoms with Gasteiger partial charge in [0, 0.05) is 22.3 Å². The van der Waals surface area contributed by atoms with Gasteiger partial charge >= 0.3 is 0 Å². The van der Waals surface area contributed by atoms with Gasteiger partial charge in [-0.1, -0.05) is 13.8 Å². The van der Waals surface area contributed by atoms with Gasteiger partial charge in [-0.15, -0.1) is 11.3 Å². The van der Waals surface area contributed by atoms with E-state index in [9.17, 15) is 0 Å². The molecule has 0 fully saturated rings. The molecule has 0 aliphatic rings. The standard InChI is InChI=1S/C14H26N2S/c1-10(2)14(15)6-7-16(5)9-13-8-11(3)17-12(13)4/h8,10,14H,6-7,9,15H2,1-5H3. The topological polar surface area (TPSA) is 29.3 Å². The summed E-state index contributed by atoms with van der Waals surface area (Å²) in [6.07, 6.45) is 1.08. The molecule has 1 aromatic heterocycles. The van der Waals surface area contributed by atoms with Gasteiger partial charge in [-0.25, -0.2) is 0 Å². The Balaban J connectivity index is 2.39. The Hall–Kier alpha value is -0.380. The van der Waals surface area contributed by atoms with E-state index in [1.54, 1.807) is 0 Å². The van der Waals surface area contributed by atoms with Gasteiger partial charge in [-0.05, 0) is 51.4 Å². The van der Waals surface area contributed by atoms with Crippen LogP contribution in [0.25, 0.3) is 0 Å². The smallest absolute Gasteiger partial charge is 0.0241 e. The Bertz CT molecular complexity index is 344. The van der Waals surface area contributed by atoms with E-state index in [2.05, 4.69) is 45.7 Å². The highest BCUT2D eigenvalue weighted by molar-refractivity contribution is 7.12. The van der Waals surface area contributed by atoms with Crippen LogP contribution in [-0.4, -0.2) is 24.5 Å². The molecule has 1 rings (SSSR count). The summed E-state index contributed by atoms with van der Waals surface area (Å²) in [6.45, 7) is 10.9. The van der Waals surface area contributed by atoms with Crippen LogP contribution in [0, 0.1) is 19.8 Å². The quantitative estimate of drug-likeness (QED) is 0.845. The summed E-state index contributed by atoms with van der Waals surface area (Å²) in [7, 11) is 2.18. The second-order valence-electron chi connectivity index (χ2n) is 5.37. The number of nitrogens with two attached hydrogens (primary N) is 1. The second-order valence-corrected chi connectivity index (χ2v) is 6.83. The minimum absolute atomic E-state index is 0.322. The molecule has 1 unspecified atom stereocenters. The summed E-state index contributed by atoms with van der Waals surface area (Å²) in [6, 6.07) is 2.63. The van der Waals surface area contributed by atoms with Crippen LogP contribution in [0.2, 0.25) is 0 Å². The third-order valence-electron chi connectivity index (χ3n) is 3.28. The molecular formula is C14H26N2S. The van der Waals surface area contributed by atoms with Gasteiger partial charge in [-0.2, -0.15) is 0 Å². The van der Waals surface area contributed by atoms with E-state index in [0.29, 0.717) is 12.0 Å². The zero-order chi connectivity index (χ0) is 13.0. The lowest BCUT2D eigenvalue weighted by Crippen LogP contribution is -2.31. The molecule has 2 nitrogen and oxygen atoms in total. The van der Waals surface area contributed by atoms with Crippen molar-refractivity contribution in [1.82, 2.24) is 4.90 Å². The van der Waals surface area contributed by atoms with Crippen molar-refractivity contribution in [3.63, 3.8) is 0 Å². The summed E-state index contributed by atoms with van der Waals surface area (Å²) < 4.78 is 0. The lowest BCUT2D eigenvalue weighted by atomic mass is 10.0. The number of thiophene rings is 1. The molecule has 0 saturated carbocycles. The van der Waals surface area contributed by atoms with Crippen molar-refractivity contribution in [3.05, 3.63) is 21.4 Å². The van der Waals surface area contributed by atoms with Crippen molar-refractivity contribution >= 4 is 11.3 Å². The molecule has 2 N–H and O–H groups in total. The van der Waals surface area contributed by atoms with E-state index in [0.717, 1.165) is 19.5 Å². The molecule has 0 amide bonds. The van der Waals surface area contributed by atoms with Gasteiger partial charge in [0.25, 0.3) is 0 Å². The first kappa shape index (κ1) is 14.7. The third kappa shape index (κ3) is 4.78. The zero-order valence-electron chi connectivity index (χ0n) is 11.8. The number of rotatable bonds is 6. The number of hydrogen-bond acceptors (Lipinski definition) is 3. The van der Waals surface area contributed by atoms with Gasteiger partial charge in [-0.3, -0.25) is 0 Å². The van der Waals surface area contributed by atoms with Gasteiger partial charge in [0.1, 0.15) is 0 Å². The van der Waals surface area contributed by atoms with Crippen LogP contribution in [0.3, 0.4) is 0 Å². The maximum Gasteiger partial charge on any atom is 0.0241 e. The van der Waals surface area contributed by atoms with Crippen LogP contribution in [-0.2, 0) is 6.54 Å². The summed E-state index contributed by atoms with van der Waals surface area (Å²) in [5, 5.41) is 0. The SMILES string of the molecule is Cc1cc(CN(C)CCC(N)C(C)C)c(C)s1. The first-order valence-corrected chi connectivity index (χ1v) is 7.21. The van der Waals surface area contributed by atoms with E-state index in [4.69, 9.17) is 5.73 Å². The number of nitrogens with zero attached hydrogens (tertiary/aromatic N) is 1. The molecule has 1 aromatic rings. The molecule has 0 saturated heterocycles. The largest absolute Gasteiger partial charge is 0.327 e. The predicted octanol–water partition coefficient (Wildman–Crippen LogP) is 3.17. The molecule has 3 heteroatoms. The fraction of sp³-hybridized carbons (Fsp3) is 0.714. The van der Waals surface area contributed by atoms with Crippen LogP contribution in [0.1, 0.15) is 35.6 Å². The fourth-order valence-corrected chi connectivity index (χ4v) is 2.85. The predicted molar refractivity (Wildman–Crippen MR) is 77.6 cm³/mol. The van der Waals surface area contributed by atoms with Crippen molar-refractivity contribution in [1.29, 1.82) is 0 Å². The van der Waals surface area contributed by atoms with E-state index in [1.807, 2.05) is 11.3 Å². The van der Waals surface area contributed by atoms with Crippen LogP contribution in [0.4, 0.5) is 0 Å². The molecule has 0 radical (unpaired) electrons. The van der Waals surface area contributed by atoms with Crippen molar-refractivity contribution in [2.24, 2.45) is 11.7 Å². The van der Waals surface area contributed by atoms with Crippen molar-refractivity contribution in [2.75, 3.05) is 13.6 Å². The maximum absolute atomic E-state index is 6.07. The van der Waals surface area contributed by atoms with Gasteiger partial charge in [0.2, 0.25) is 0 Å². The fourth-order valence-electron chi connectivity index (χ4n) is 1.91. The molecule has 1 heterocycles. The highest BCUT2D eigenvalue weighted by atomic mass is 32.1. The Morgan fingerprint density at radius 3 is 2.47 bits per heavy atom. The summed E-state index contributed by atoms with van der Waals surface area (Å²) in [4.78, 5) is 5.23. The summed E-state index contributed by atoms with van der Waals surface area (Å²) >= 11 is 1.89. The molecule has 0 aromatic carbocycles. The molecule has 0 spiro atoms. The van der Waals surface area contributed by atoms with E-state index >= 15 is 0 Å². The van der Waals surface area contributed by atoms with Crippen molar-refractivity contribution in [2.45, 2.75) is 46.7 Å². The first-order chi connectivity index (χ1) is 7.90. The molecule has 0 aliphatic carbocycles. The van der Waals surface area contributed by atoms with Crippen molar-refractivity contribution < 1.29 is 0 Å². The first-order valence-electron chi connectivity index (χ1n) is 6.40. The lowest BCUT2D eigenvalue weighted by Gasteiger charge is -2.21. The van der Waals surface area contributed by atoms with Crippen molar-refractivity contribution in [3.8, 4) is 0 Å². The number of aryl methyl sites for hydroxylation is 2. The van der Waals surface area contributed by atoms with Crippen LogP contribution in [0.5, 0.6) is 0 Å². The molecule has 1 atom stereocenters. The Morgan fingerprint density at radius 1 is 1.35 bits per heavy atom. The molecule has 98 valence electrons. The Kier molecular flexibility index (Phi) is 5.63. The number of hydrogen-bond donors (Lipinski definition) is 1. The minimum atomic E-state index is 0.322. The third-order valence-corrected chi connectivity index (χ3v) is 4.29. The average molecular weight is 254 g/mol. The Morgan fingerprint density at radius 2 is 2.00 bits per heavy atom. The summed E-state index contributed by atoms with van der Waals surface area (Å²) in [5.41, 5.74) is 7.53. The van der Waals surface area contributed by atoms with Gasteiger partial charge in [0.15, 0.2) is 0 Å². The van der Waals surface area contributed by atoms with Gasteiger partial charge in [0.05, 0.1) is 0 Å². The van der Waals surface area contributed by atoms with Gasteiger partial charge < -0.3 is 10.6 Å². The maximum atomic E-state index is 6.07. The van der Waals surface area contributed by atoms with Crippen LogP contribution in [0.15, 0.2) is 6.07 Å². The highest BCUT2D eigenvalue weighted by Gasteiger charge is 2.10.